The lowest BCUT2D eigenvalue weighted by Gasteiger charge is -2.28. The minimum atomic E-state index is -0.880. The molecular formula is C19H28N6O4. The summed E-state index contributed by atoms with van der Waals surface area (Å²) < 4.78 is 0. The first-order valence-corrected chi connectivity index (χ1v) is 10.1. The summed E-state index contributed by atoms with van der Waals surface area (Å²) in [5.74, 6) is -0.665. The lowest BCUT2D eigenvalue weighted by atomic mass is 10.1. The normalized spacial score (nSPS) is 22.4. The molecule has 5 N–H and O–H groups in total. The SMILES string of the molecule is CCCc1ncc(C[C@H](NC(=O)[C@@H]2CCC(=O)N2)C(=O)N2CCC[C@H]2C(N)=O)[nH]1. The van der Waals surface area contributed by atoms with Gasteiger partial charge in [-0.1, -0.05) is 6.92 Å². The van der Waals surface area contributed by atoms with Gasteiger partial charge in [0, 0.05) is 37.7 Å². The van der Waals surface area contributed by atoms with E-state index in [1.165, 1.54) is 4.90 Å². The Bertz CT molecular complexity index is 791. The molecule has 2 saturated heterocycles. The molecule has 3 atom stereocenters. The van der Waals surface area contributed by atoms with Gasteiger partial charge in [-0.15, -0.1) is 0 Å². The quantitative estimate of drug-likeness (QED) is 0.445. The van der Waals surface area contributed by atoms with Crippen LogP contribution in [0.2, 0.25) is 0 Å². The predicted molar refractivity (Wildman–Crippen MR) is 103 cm³/mol. The third-order valence-electron chi connectivity index (χ3n) is 5.38. The van der Waals surface area contributed by atoms with E-state index in [4.69, 9.17) is 5.73 Å². The molecule has 2 aliphatic rings. The summed E-state index contributed by atoms with van der Waals surface area (Å²) in [6, 6.07) is -2.19. The lowest BCUT2D eigenvalue weighted by Crippen LogP contribution is -2.56. The fourth-order valence-electron chi connectivity index (χ4n) is 3.90. The van der Waals surface area contributed by atoms with Crippen LogP contribution in [0, 0.1) is 0 Å². The summed E-state index contributed by atoms with van der Waals surface area (Å²) >= 11 is 0. The number of amides is 4. The van der Waals surface area contributed by atoms with Gasteiger partial charge in [-0.3, -0.25) is 19.2 Å². The fourth-order valence-corrected chi connectivity index (χ4v) is 3.90. The molecule has 1 aromatic heterocycles. The van der Waals surface area contributed by atoms with Gasteiger partial charge < -0.3 is 26.3 Å². The van der Waals surface area contributed by atoms with E-state index in [-0.39, 0.29) is 24.7 Å². The first-order chi connectivity index (χ1) is 13.9. The second-order valence-corrected chi connectivity index (χ2v) is 7.62. The number of aromatic amines is 1. The number of imidazole rings is 1. The predicted octanol–water partition coefficient (Wildman–Crippen LogP) is -0.856. The number of hydrogen-bond acceptors (Lipinski definition) is 5. The third-order valence-corrected chi connectivity index (χ3v) is 5.38. The van der Waals surface area contributed by atoms with Gasteiger partial charge in [-0.2, -0.15) is 0 Å². The highest BCUT2D eigenvalue weighted by Crippen LogP contribution is 2.19. The van der Waals surface area contributed by atoms with Gasteiger partial charge in [0.1, 0.15) is 23.9 Å². The molecule has 0 spiro atoms. The number of primary amides is 1. The second kappa shape index (κ2) is 9.06. The number of nitrogens with two attached hydrogens (primary N) is 1. The van der Waals surface area contributed by atoms with E-state index >= 15 is 0 Å². The molecule has 0 radical (unpaired) electrons. The van der Waals surface area contributed by atoms with E-state index < -0.39 is 29.9 Å². The molecule has 10 nitrogen and oxygen atoms in total. The molecule has 4 amide bonds. The van der Waals surface area contributed by atoms with E-state index in [1.807, 2.05) is 6.92 Å². The minimum absolute atomic E-state index is 0.181. The maximum atomic E-state index is 13.2. The van der Waals surface area contributed by atoms with Gasteiger partial charge >= 0.3 is 0 Å². The average Bonchev–Trinajstić information content (AvgIpc) is 3.41. The Labute approximate surface area is 169 Å². The smallest absolute Gasteiger partial charge is 0.246 e. The summed E-state index contributed by atoms with van der Waals surface area (Å²) in [4.78, 5) is 57.9. The summed E-state index contributed by atoms with van der Waals surface area (Å²) in [5.41, 5.74) is 6.17. The molecule has 10 heteroatoms. The molecule has 158 valence electrons. The highest BCUT2D eigenvalue weighted by atomic mass is 16.2. The second-order valence-electron chi connectivity index (χ2n) is 7.62. The van der Waals surface area contributed by atoms with Crippen molar-refractivity contribution < 1.29 is 19.2 Å². The number of nitrogens with one attached hydrogen (secondary N) is 3. The molecule has 3 heterocycles. The van der Waals surface area contributed by atoms with Crippen molar-refractivity contribution >= 4 is 23.6 Å². The van der Waals surface area contributed by atoms with Gasteiger partial charge in [0.25, 0.3) is 0 Å². The van der Waals surface area contributed by atoms with Gasteiger partial charge in [0.2, 0.25) is 23.6 Å². The third kappa shape index (κ3) is 4.93. The van der Waals surface area contributed by atoms with Crippen molar-refractivity contribution in [1.82, 2.24) is 25.5 Å². The van der Waals surface area contributed by atoms with Crippen molar-refractivity contribution in [3.63, 3.8) is 0 Å². The van der Waals surface area contributed by atoms with Crippen LogP contribution >= 0.6 is 0 Å². The molecule has 0 aromatic carbocycles. The van der Waals surface area contributed by atoms with Crippen LogP contribution in [0.5, 0.6) is 0 Å². The molecule has 0 bridgehead atoms. The van der Waals surface area contributed by atoms with E-state index in [1.54, 1.807) is 6.20 Å². The van der Waals surface area contributed by atoms with Crippen molar-refractivity contribution in [2.45, 2.75) is 70.0 Å². The highest BCUT2D eigenvalue weighted by molar-refractivity contribution is 5.95. The number of hydrogen-bond donors (Lipinski definition) is 4. The van der Waals surface area contributed by atoms with Crippen LogP contribution in [0.1, 0.15) is 50.5 Å². The molecule has 0 saturated carbocycles. The van der Waals surface area contributed by atoms with Crippen molar-refractivity contribution in [2.24, 2.45) is 5.73 Å². The maximum Gasteiger partial charge on any atom is 0.246 e. The number of likely N-dealkylation sites (tertiary alicyclic amines) is 1. The van der Waals surface area contributed by atoms with E-state index in [0.717, 1.165) is 24.4 Å². The van der Waals surface area contributed by atoms with Gasteiger partial charge in [0.05, 0.1) is 0 Å². The number of carbonyl (C=O) groups excluding carboxylic acids is 4. The van der Waals surface area contributed by atoms with Crippen LogP contribution in [-0.4, -0.2) is 63.2 Å². The van der Waals surface area contributed by atoms with Gasteiger partial charge in [-0.05, 0) is 25.7 Å². The Morgan fingerprint density at radius 2 is 2.17 bits per heavy atom. The maximum absolute atomic E-state index is 13.2. The topological polar surface area (TPSA) is 150 Å². The van der Waals surface area contributed by atoms with Crippen molar-refractivity contribution in [2.75, 3.05) is 6.54 Å². The summed E-state index contributed by atoms with van der Waals surface area (Å²) in [6.45, 7) is 2.46. The van der Waals surface area contributed by atoms with Gasteiger partial charge in [-0.25, -0.2) is 4.98 Å². The fraction of sp³-hybridized carbons (Fsp3) is 0.632. The zero-order valence-electron chi connectivity index (χ0n) is 16.6. The van der Waals surface area contributed by atoms with Crippen LogP contribution in [0.15, 0.2) is 6.20 Å². The number of rotatable bonds is 8. The van der Waals surface area contributed by atoms with Crippen LogP contribution in [0.25, 0.3) is 0 Å². The Morgan fingerprint density at radius 3 is 2.83 bits per heavy atom. The van der Waals surface area contributed by atoms with E-state index in [9.17, 15) is 19.2 Å². The number of aromatic nitrogens is 2. The Morgan fingerprint density at radius 1 is 1.38 bits per heavy atom. The molecule has 2 fully saturated rings. The summed E-state index contributed by atoms with van der Waals surface area (Å²) in [5, 5.41) is 5.37. The zero-order chi connectivity index (χ0) is 21.0. The first kappa shape index (κ1) is 20.8. The van der Waals surface area contributed by atoms with Crippen molar-refractivity contribution in [3.8, 4) is 0 Å². The minimum Gasteiger partial charge on any atom is -0.368 e. The number of aryl methyl sites for hydroxylation is 1. The largest absolute Gasteiger partial charge is 0.368 e. The molecule has 3 rings (SSSR count). The van der Waals surface area contributed by atoms with E-state index in [0.29, 0.717) is 25.8 Å². The highest BCUT2D eigenvalue weighted by Gasteiger charge is 2.38. The van der Waals surface area contributed by atoms with Crippen LogP contribution < -0.4 is 16.4 Å². The number of H-pyrrole nitrogens is 1. The molecule has 29 heavy (non-hydrogen) atoms. The number of nitrogens with zero attached hydrogens (tertiary/aromatic N) is 2. The average molecular weight is 404 g/mol. The van der Waals surface area contributed by atoms with E-state index in [2.05, 4.69) is 20.6 Å². The Balaban J connectivity index is 1.76. The molecule has 1 aromatic rings. The van der Waals surface area contributed by atoms with Crippen molar-refractivity contribution in [3.05, 3.63) is 17.7 Å². The Hall–Kier alpha value is -2.91. The Kier molecular flexibility index (Phi) is 6.50. The molecular weight excluding hydrogens is 376 g/mol. The standard InChI is InChI=1S/C19H28N6O4/c1-2-4-15-21-10-11(22-15)9-13(24-18(28)12-6-7-16(26)23-12)19(29)25-8-3-5-14(25)17(20)27/h10,12-14H,2-9H2,1H3,(H2,20,27)(H,21,22)(H,23,26)(H,24,28)/t12-,13-,14-/m0/s1. The summed E-state index contributed by atoms with van der Waals surface area (Å²) in [6.07, 6.45) is 5.47. The zero-order valence-corrected chi connectivity index (χ0v) is 16.6. The summed E-state index contributed by atoms with van der Waals surface area (Å²) in [7, 11) is 0. The number of carbonyl (C=O) groups is 4. The van der Waals surface area contributed by atoms with Crippen LogP contribution in [-0.2, 0) is 32.0 Å². The molecule has 2 aliphatic heterocycles. The molecule has 0 unspecified atom stereocenters. The lowest BCUT2D eigenvalue weighted by molar-refractivity contribution is -0.140. The van der Waals surface area contributed by atoms with Crippen LogP contribution in [0.4, 0.5) is 0 Å². The van der Waals surface area contributed by atoms with Gasteiger partial charge in [0.15, 0.2) is 0 Å². The van der Waals surface area contributed by atoms with Crippen molar-refractivity contribution in [1.29, 1.82) is 0 Å². The van der Waals surface area contributed by atoms with Crippen LogP contribution in [0.3, 0.4) is 0 Å². The monoisotopic (exact) mass is 404 g/mol. The first-order valence-electron chi connectivity index (χ1n) is 10.1. The molecule has 0 aliphatic carbocycles.